The minimum absolute atomic E-state index is 0.793. The molecule has 0 aliphatic carbocycles. The highest BCUT2D eigenvalue weighted by Crippen LogP contribution is 2.23. The molecule has 1 aromatic heterocycles. The third-order valence-electron chi connectivity index (χ3n) is 4.32. The number of fused-ring (bicyclic) bond motifs is 1. The number of benzene rings is 1. The molecule has 1 aliphatic rings. The number of hydrogen-bond acceptors (Lipinski definition) is 3. The Labute approximate surface area is 120 Å². The van der Waals surface area contributed by atoms with E-state index >= 15 is 0 Å². The van der Waals surface area contributed by atoms with Gasteiger partial charge < -0.3 is 9.73 Å². The van der Waals surface area contributed by atoms with Crippen molar-refractivity contribution in [2.75, 3.05) is 26.2 Å². The molecule has 1 aromatic carbocycles. The summed E-state index contributed by atoms with van der Waals surface area (Å²) in [4.78, 5) is 2.54. The zero-order valence-electron chi connectivity index (χ0n) is 12.3. The number of hydrogen-bond donors (Lipinski definition) is 1. The minimum Gasteiger partial charge on any atom is -0.464 e. The Morgan fingerprint density at radius 2 is 2.25 bits per heavy atom. The lowest BCUT2D eigenvalue weighted by Crippen LogP contribution is -2.38. The van der Waals surface area contributed by atoms with Gasteiger partial charge in [0.05, 0.1) is 6.26 Å². The van der Waals surface area contributed by atoms with E-state index in [1.165, 1.54) is 43.4 Å². The molecule has 2 aromatic rings. The number of furan rings is 1. The Morgan fingerprint density at radius 3 is 3.05 bits per heavy atom. The fourth-order valence-electron chi connectivity index (χ4n) is 3.15. The average molecular weight is 272 g/mol. The monoisotopic (exact) mass is 272 g/mol. The second kappa shape index (κ2) is 6.42. The van der Waals surface area contributed by atoms with Crippen LogP contribution < -0.4 is 5.32 Å². The molecule has 1 aliphatic heterocycles. The van der Waals surface area contributed by atoms with Gasteiger partial charge in [-0.2, -0.15) is 0 Å². The SMILES string of the molecule is CCN(Cc1coc2ccccc12)CC1CCCNC1. The molecule has 1 fully saturated rings. The summed E-state index contributed by atoms with van der Waals surface area (Å²) in [6.07, 6.45) is 4.60. The summed E-state index contributed by atoms with van der Waals surface area (Å²) in [6, 6.07) is 8.31. The maximum Gasteiger partial charge on any atom is 0.134 e. The Bertz CT molecular complexity index is 543. The van der Waals surface area contributed by atoms with Crippen molar-refractivity contribution in [1.29, 1.82) is 0 Å². The summed E-state index contributed by atoms with van der Waals surface area (Å²) in [5.74, 6) is 0.793. The first-order valence-electron chi connectivity index (χ1n) is 7.75. The lowest BCUT2D eigenvalue weighted by atomic mass is 9.99. The van der Waals surface area contributed by atoms with Gasteiger partial charge in [-0.25, -0.2) is 0 Å². The van der Waals surface area contributed by atoms with Crippen LogP contribution in [-0.2, 0) is 6.54 Å². The van der Waals surface area contributed by atoms with E-state index in [1.807, 2.05) is 18.4 Å². The lowest BCUT2D eigenvalue weighted by Gasteiger charge is -2.29. The van der Waals surface area contributed by atoms with E-state index in [4.69, 9.17) is 4.42 Å². The molecule has 0 amide bonds. The number of rotatable bonds is 5. The molecular formula is C17H24N2O. The molecule has 0 spiro atoms. The lowest BCUT2D eigenvalue weighted by molar-refractivity contribution is 0.210. The van der Waals surface area contributed by atoms with Gasteiger partial charge in [0.15, 0.2) is 0 Å². The maximum absolute atomic E-state index is 5.65. The van der Waals surface area contributed by atoms with Gasteiger partial charge in [-0.1, -0.05) is 25.1 Å². The van der Waals surface area contributed by atoms with Crippen molar-refractivity contribution < 1.29 is 4.42 Å². The third kappa shape index (κ3) is 3.05. The summed E-state index contributed by atoms with van der Waals surface area (Å²) in [7, 11) is 0. The molecule has 3 rings (SSSR count). The number of nitrogens with zero attached hydrogens (tertiary/aromatic N) is 1. The van der Waals surface area contributed by atoms with Crippen LogP contribution in [0.3, 0.4) is 0 Å². The van der Waals surface area contributed by atoms with Crippen LogP contribution >= 0.6 is 0 Å². The van der Waals surface area contributed by atoms with Gasteiger partial charge in [-0.15, -0.1) is 0 Å². The molecule has 3 heteroatoms. The Morgan fingerprint density at radius 1 is 1.35 bits per heavy atom. The van der Waals surface area contributed by atoms with Crippen molar-refractivity contribution >= 4 is 11.0 Å². The maximum atomic E-state index is 5.65. The molecule has 1 unspecified atom stereocenters. The Balaban J connectivity index is 1.67. The zero-order valence-corrected chi connectivity index (χ0v) is 12.3. The molecule has 1 atom stereocenters. The van der Waals surface area contributed by atoms with Gasteiger partial charge >= 0.3 is 0 Å². The standard InChI is InChI=1S/C17H24N2O/c1-2-19(11-14-6-5-9-18-10-14)12-15-13-20-17-8-4-3-7-16(15)17/h3-4,7-8,13-14,18H,2,5-6,9-12H2,1H3. The van der Waals surface area contributed by atoms with E-state index < -0.39 is 0 Å². The smallest absolute Gasteiger partial charge is 0.134 e. The van der Waals surface area contributed by atoms with Crippen LogP contribution in [0, 0.1) is 5.92 Å². The highest BCUT2D eigenvalue weighted by atomic mass is 16.3. The first-order valence-corrected chi connectivity index (χ1v) is 7.75. The van der Waals surface area contributed by atoms with E-state index in [0.29, 0.717) is 0 Å². The van der Waals surface area contributed by atoms with Gasteiger partial charge in [-0.3, -0.25) is 4.90 Å². The fraction of sp³-hybridized carbons (Fsp3) is 0.529. The summed E-state index contributed by atoms with van der Waals surface area (Å²) in [5.41, 5.74) is 2.31. The van der Waals surface area contributed by atoms with Crippen molar-refractivity contribution in [3.05, 3.63) is 36.1 Å². The van der Waals surface area contributed by atoms with Crippen LogP contribution in [0.15, 0.2) is 34.9 Å². The highest BCUT2D eigenvalue weighted by molar-refractivity contribution is 5.80. The molecular weight excluding hydrogens is 248 g/mol. The minimum atomic E-state index is 0.793. The van der Waals surface area contributed by atoms with Crippen LogP contribution in [0.2, 0.25) is 0 Å². The molecule has 20 heavy (non-hydrogen) atoms. The summed E-state index contributed by atoms with van der Waals surface area (Å²) < 4.78 is 5.65. The number of nitrogens with one attached hydrogen (secondary N) is 1. The Kier molecular flexibility index (Phi) is 4.38. The molecule has 1 N–H and O–H groups in total. The fourth-order valence-corrected chi connectivity index (χ4v) is 3.15. The van der Waals surface area contributed by atoms with Gasteiger partial charge in [-0.05, 0) is 44.5 Å². The van der Waals surface area contributed by atoms with Crippen molar-refractivity contribution in [1.82, 2.24) is 10.2 Å². The van der Waals surface area contributed by atoms with Crippen molar-refractivity contribution in [2.45, 2.75) is 26.3 Å². The highest BCUT2D eigenvalue weighted by Gasteiger charge is 2.17. The molecule has 0 bridgehead atoms. The average Bonchev–Trinajstić information content (AvgIpc) is 2.91. The van der Waals surface area contributed by atoms with Crippen LogP contribution in [-0.4, -0.2) is 31.1 Å². The van der Waals surface area contributed by atoms with Crippen LogP contribution in [0.25, 0.3) is 11.0 Å². The second-order valence-corrected chi connectivity index (χ2v) is 5.80. The molecule has 1 saturated heterocycles. The number of piperidine rings is 1. The largest absolute Gasteiger partial charge is 0.464 e. The molecule has 108 valence electrons. The first kappa shape index (κ1) is 13.7. The van der Waals surface area contributed by atoms with E-state index in [2.05, 4.69) is 29.3 Å². The van der Waals surface area contributed by atoms with Gasteiger partial charge in [0.25, 0.3) is 0 Å². The van der Waals surface area contributed by atoms with E-state index in [-0.39, 0.29) is 0 Å². The van der Waals surface area contributed by atoms with E-state index in [0.717, 1.165) is 24.6 Å². The van der Waals surface area contributed by atoms with Crippen molar-refractivity contribution in [3.63, 3.8) is 0 Å². The van der Waals surface area contributed by atoms with Crippen LogP contribution in [0.1, 0.15) is 25.3 Å². The normalized spacial score (nSPS) is 19.8. The van der Waals surface area contributed by atoms with Gasteiger partial charge in [0.2, 0.25) is 0 Å². The summed E-state index contributed by atoms with van der Waals surface area (Å²) in [5, 5.41) is 4.76. The predicted octanol–water partition coefficient (Wildman–Crippen LogP) is 3.25. The summed E-state index contributed by atoms with van der Waals surface area (Å²) >= 11 is 0. The Hall–Kier alpha value is -1.32. The summed E-state index contributed by atoms with van der Waals surface area (Å²) in [6.45, 7) is 7.87. The van der Waals surface area contributed by atoms with Gasteiger partial charge in [0.1, 0.15) is 5.58 Å². The van der Waals surface area contributed by atoms with Crippen molar-refractivity contribution in [2.24, 2.45) is 5.92 Å². The molecule has 0 radical (unpaired) electrons. The van der Waals surface area contributed by atoms with Crippen LogP contribution in [0.4, 0.5) is 0 Å². The first-order chi connectivity index (χ1) is 9.86. The van der Waals surface area contributed by atoms with E-state index in [1.54, 1.807) is 0 Å². The van der Waals surface area contributed by atoms with E-state index in [9.17, 15) is 0 Å². The van der Waals surface area contributed by atoms with Crippen LogP contribution in [0.5, 0.6) is 0 Å². The van der Waals surface area contributed by atoms with Gasteiger partial charge in [0, 0.05) is 24.0 Å². The zero-order chi connectivity index (χ0) is 13.8. The predicted molar refractivity (Wildman–Crippen MR) is 82.8 cm³/mol. The molecule has 3 nitrogen and oxygen atoms in total. The second-order valence-electron chi connectivity index (χ2n) is 5.80. The topological polar surface area (TPSA) is 28.4 Å². The molecule has 2 heterocycles. The number of para-hydroxylation sites is 1. The van der Waals surface area contributed by atoms with Crippen molar-refractivity contribution in [3.8, 4) is 0 Å². The molecule has 0 saturated carbocycles. The quantitative estimate of drug-likeness (QED) is 0.905. The third-order valence-corrected chi connectivity index (χ3v) is 4.32.